The Morgan fingerprint density at radius 2 is 2.09 bits per heavy atom. The molecule has 1 aromatic rings. The zero-order chi connectivity index (χ0) is 16.4. The largest absolute Gasteiger partial charge is 0.377 e. The summed E-state index contributed by atoms with van der Waals surface area (Å²) < 4.78 is 0. The minimum absolute atomic E-state index is 0.0530. The summed E-state index contributed by atoms with van der Waals surface area (Å²) in [6.45, 7) is 6.57. The van der Waals surface area contributed by atoms with Gasteiger partial charge in [0, 0.05) is 31.4 Å². The quantitative estimate of drug-likeness (QED) is 0.896. The van der Waals surface area contributed by atoms with Crippen LogP contribution >= 0.6 is 0 Å². The fraction of sp³-hybridized carbons (Fsp3) is 0.632. The van der Waals surface area contributed by atoms with Gasteiger partial charge in [0.25, 0.3) is 0 Å². The number of carbonyl (C=O) groups excluding carboxylic acids is 1. The fourth-order valence-electron chi connectivity index (χ4n) is 4.18. The number of ketones is 1. The van der Waals surface area contributed by atoms with E-state index >= 15 is 0 Å². The molecule has 1 heterocycles. The molecule has 2 N–H and O–H groups in total. The van der Waals surface area contributed by atoms with E-state index in [0.29, 0.717) is 6.04 Å². The van der Waals surface area contributed by atoms with Gasteiger partial charge in [0.05, 0.1) is 0 Å². The van der Waals surface area contributed by atoms with Gasteiger partial charge in [-0.05, 0) is 50.3 Å². The van der Waals surface area contributed by atoms with Crippen molar-refractivity contribution in [3.63, 3.8) is 0 Å². The maximum atomic E-state index is 12.3. The number of nitrogens with one attached hydrogen (secondary N) is 1. The minimum atomic E-state index is -1.33. The second-order valence-electron chi connectivity index (χ2n) is 7.16. The molecule has 0 spiro atoms. The summed E-state index contributed by atoms with van der Waals surface area (Å²) >= 11 is 0. The summed E-state index contributed by atoms with van der Waals surface area (Å²) in [5, 5.41) is 14.7. The molecule has 0 amide bonds. The van der Waals surface area contributed by atoms with Crippen molar-refractivity contribution in [1.29, 1.82) is 0 Å². The van der Waals surface area contributed by atoms with Crippen molar-refractivity contribution in [2.75, 3.05) is 24.5 Å². The number of aliphatic hydroxyl groups is 1. The summed E-state index contributed by atoms with van der Waals surface area (Å²) in [5.41, 5.74) is 0.542. The third kappa shape index (κ3) is 3.15. The molecule has 0 bridgehead atoms. The molecule has 3 rings (SSSR count). The molecule has 4 heteroatoms. The number of nitrogens with zero attached hydrogens (tertiary/aromatic N) is 1. The van der Waals surface area contributed by atoms with Gasteiger partial charge in [-0.1, -0.05) is 25.0 Å². The summed E-state index contributed by atoms with van der Waals surface area (Å²) in [6, 6.07) is 8.44. The Hall–Kier alpha value is -1.39. The molecule has 1 saturated heterocycles. The molecule has 2 unspecified atom stereocenters. The van der Waals surface area contributed by atoms with Gasteiger partial charge in [0.15, 0.2) is 11.4 Å². The number of Topliss-reactive ketones (excluding diaryl/α,β-unsaturated/α-hetero) is 1. The minimum Gasteiger partial charge on any atom is -0.377 e. The van der Waals surface area contributed by atoms with Crippen LogP contribution < -0.4 is 10.2 Å². The number of piperazine rings is 1. The summed E-state index contributed by atoms with van der Waals surface area (Å²) in [5.74, 6) is -0.0765. The van der Waals surface area contributed by atoms with Crippen molar-refractivity contribution in [2.24, 2.45) is 5.92 Å². The average Bonchev–Trinajstić information content (AvgIpc) is 3.09. The maximum absolute atomic E-state index is 12.3. The van der Waals surface area contributed by atoms with E-state index < -0.39 is 5.60 Å². The predicted molar refractivity (Wildman–Crippen MR) is 92.7 cm³/mol. The molecule has 0 aromatic heterocycles. The van der Waals surface area contributed by atoms with Crippen molar-refractivity contribution in [3.8, 4) is 0 Å². The molecule has 1 aliphatic carbocycles. The molecule has 2 fully saturated rings. The molecular formula is C19H28N2O2. The Balaban J connectivity index is 1.92. The van der Waals surface area contributed by atoms with Crippen molar-refractivity contribution >= 4 is 11.5 Å². The highest BCUT2D eigenvalue weighted by molar-refractivity contribution is 5.87. The molecule has 1 aromatic carbocycles. The normalized spacial score (nSPS) is 25.3. The first-order chi connectivity index (χ1) is 11.0. The number of benzene rings is 1. The molecular weight excluding hydrogens is 288 g/mol. The van der Waals surface area contributed by atoms with Crippen molar-refractivity contribution in [1.82, 2.24) is 5.32 Å². The summed E-state index contributed by atoms with van der Waals surface area (Å²) in [4.78, 5) is 14.7. The van der Waals surface area contributed by atoms with Crippen LogP contribution in [0.15, 0.2) is 24.3 Å². The Morgan fingerprint density at radius 3 is 2.74 bits per heavy atom. The molecule has 0 radical (unpaired) electrons. The Morgan fingerprint density at radius 1 is 1.35 bits per heavy atom. The van der Waals surface area contributed by atoms with Crippen molar-refractivity contribution in [2.45, 2.75) is 51.2 Å². The third-order valence-corrected chi connectivity index (χ3v) is 5.50. The van der Waals surface area contributed by atoms with Gasteiger partial charge >= 0.3 is 0 Å². The van der Waals surface area contributed by atoms with Crippen LogP contribution in [0, 0.1) is 5.92 Å². The van der Waals surface area contributed by atoms with E-state index in [1.165, 1.54) is 6.92 Å². The highest BCUT2D eigenvalue weighted by Crippen LogP contribution is 2.42. The number of hydrogen-bond donors (Lipinski definition) is 2. The molecule has 2 aliphatic rings. The number of rotatable bonds is 4. The third-order valence-electron chi connectivity index (χ3n) is 5.50. The highest BCUT2D eigenvalue weighted by atomic mass is 16.3. The number of hydrogen-bond acceptors (Lipinski definition) is 4. The highest BCUT2D eigenvalue weighted by Gasteiger charge is 2.44. The lowest BCUT2D eigenvalue weighted by molar-refractivity contribution is -0.142. The van der Waals surface area contributed by atoms with E-state index in [1.807, 2.05) is 18.2 Å². The molecule has 126 valence electrons. The van der Waals surface area contributed by atoms with E-state index in [2.05, 4.69) is 23.2 Å². The van der Waals surface area contributed by atoms with Gasteiger partial charge in [-0.3, -0.25) is 4.79 Å². The van der Waals surface area contributed by atoms with Crippen LogP contribution in [0.2, 0.25) is 0 Å². The van der Waals surface area contributed by atoms with Crippen LogP contribution in [0.25, 0.3) is 0 Å². The van der Waals surface area contributed by atoms with Gasteiger partial charge in [-0.25, -0.2) is 0 Å². The zero-order valence-electron chi connectivity index (χ0n) is 14.2. The summed E-state index contributed by atoms with van der Waals surface area (Å²) in [6.07, 6.45) is 4.08. The first-order valence-electron chi connectivity index (χ1n) is 8.84. The lowest BCUT2D eigenvalue weighted by Gasteiger charge is -2.36. The smallest absolute Gasteiger partial charge is 0.166 e. The molecule has 2 atom stereocenters. The van der Waals surface area contributed by atoms with Gasteiger partial charge < -0.3 is 15.3 Å². The van der Waals surface area contributed by atoms with Crippen LogP contribution in [-0.2, 0) is 10.4 Å². The van der Waals surface area contributed by atoms with Gasteiger partial charge in [-0.2, -0.15) is 0 Å². The molecule has 23 heavy (non-hydrogen) atoms. The van der Waals surface area contributed by atoms with E-state index in [4.69, 9.17) is 0 Å². The second kappa shape index (κ2) is 6.62. The lowest BCUT2D eigenvalue weighted by Crippen LogP contribution is -2.49. The molecule has 4 nitrogen and oxygen atoms in total. The predicted octanol–water partition coefficient (Wildman–Crippen LogP) is 2.45. The van der Waals surface area contributed by atoms with E-state index in [1.54, 1.807) is 0 Å². The first kappa shape index (κ1) is 16.5. The van der Waals surface area contributed by atoms with E-state index in [0.717, 1.165) is 56.6 Å². The van der Waals surface area contributed by atoms with E-state index in [9.17, 15) is 9.90 Å². The van der Waals surface area contributed by atoms with Gasteiger partial charge in [-0.15, -0.1) is 0 Å². The SMILES string of the molecule is CC(=O)C(O)(c1cccc(N2CCNC(C)C2)c1)C1CCCC1. The number of carbonyl (C=O) groups is 1. The van der Waals surface area contributed by atoms with Crippen LogP contribution in [0.1, 0.15) is 45.1 Å². The Kier molecular flexibility index (Phi) is 4.74. The summed E-state index contributed by atoms with van der Waals surface area (Å²) in [7, 11) is 0. The molecule has 1 aliphatic heterocycles. The second-order valence-corrected chi connectivity index (χ2v) is 7.16. The Bertz CT molecular complexity index is 568. The first-order valence-corrected chi connectivity index (χ1v) is 8.84. The van der Waals surface area contributed by atoms with Gasteiger partial charge in [0.1, 0.15) is 0 Å². The standard InChI is InChI=1S/C19H28N2O2/c1-14-13-21(11-10-20-14)18-9-5-8-17(12-18)19(23,15(2)22)16-6-3-4-7-16/h5,8-9,12,14,16,20,23H,3-4,6-7,10-11,13H2,1-2H3. The van der Waals surface area contributed by atoms with Crippen LogP contribution in [0.3, 0.4) is 0 Å². The van der Waals surface area contributed by atoms with E-state index in [-0.39, 0.29) is 11.7 Å². The lowest BCUT2D eigenvalue weighted by atomic mass is 9.77. The van der Waals surface area contributed by atoms with Crippen LogP contribution in [-0.4, -0.2) is 36.6 Å². The van der Waals surface area contributed by atoms with Crippen LogP contribution in [0.5, 0.6) is 0 Å². The Labute approximate surface area is 138 Å². The zero-order valence-corrected chi connectivity index (χ0v) is 14.2. The average molecular weight is 316 g/mol. The fourth-order valence-corrected chi connectivity index (χ4v) is 4.18. The topological polar surface area (TPSA) is 52.6 Å². The maximum Gasteiger partial charge on any atom is 0.166 e. The monoisotopic (exact) mass is 316 g/mol. The van der Waals surface area contributed by atoms with Crippen molar-refractivity contribution in [3.05, 3.63) is 29.8 Å². The van der Waals surface area contributed by atoms with Crippen LogP contribution in [0.4, 0.5) is 5.69 Å². The number of anilines is 1. The van der Waals surface area contributed by atoms with Gasteiger partial charge in [0.2, 0.25) is 0 Å². The van der Waals surface area contributed by atoms with Crippen molar-refractivity contribution < 1.29 is 9.90 Å². The molecule has 1 saturated carbocycles.